The van der Waals surface area contributed by atoms with Crippen LogP contribution in [-0.2, 0) is 9.59 Å². The van der Waals surface area contributed by atoms with Gasteiger partial charge in [0.05, 0.1) is 27.9 Å². The number of amides is 3. The molecule has 1 aliphatic rings. The van der Waals surface area contributed by atoms with Gasteiger partial charge in [0.2, 0.25) is 5.91 Å². The molecule has 2 aromatic rings. The number of rotatable bonds is 5. The average molecular weight is 531 g/mol. The first-order valence-electron chi connectivity index (χ1n) is 8.86. The molecule has 1 aliphatic carbocycles. The molecule has 0 aliphatic heterocycles. The molecule has 0 spiro atoms. The lowest BCUT2D eigenvalue weighted by Gasteiger charge is -2.13. The Kier molecular flexibility index (Phi) is 6.79. The van der Waals surface area contributed by atoms with Gasteiger partial charge in [0.15, 0.2) is 0 Å². The Labute approximate surface area is 197 Å². The molecule has 0 heterocycles. The maximum atomic E-state index is 14.1. The summed E-state index contributed by atoms with van der Waals surface area (Å²) in [5, 5.41) is 5.64. The first-order chi connectivity index (χ1) is 15.2. The standard InChI is InChI=1S/C19H11Cl3F5N3O3/c20-10-2-1-7(28-16(32)9-6-18(9,21)22)3-8(10)15(31)29-13-5-14(12(24)4-11(13)23)30-17(33)19(25,26)27/h1-5,9H,6H2,(H,28,32)(H,29,31)(H,30,33)/t9-/m1/s1. The Bertz CT molecular complexity index is 1160. The number of hydrogen-bond donors (Lipinski definition) is 3. The highest BCUT2D eigenvalue weighted by Gasteiger charge is 2.56. The lowest BCUT2D eigenvalue weighted by Crippen LogP contribution is -2.30. The van der Waals surface area contributed by atoms with Crippen molar-refractivity contribution in [1.82, 2.24) is 0 Å². The van der Waals surface area contributed by atoms with Crippen LogP contribution in [0.1, 0.15) is 16.8 Å². The van der Waals surface area contributed by atoms with Crippen molar-refractivity contribution in [3.05, 3.63) is 52.6 Å². The van der Waals surface area contributed by atoms with E-state index < -0.39 is 57.2 Å². The van der Waals surface area contributed by atoms with E-state index in [-0.39, 0.29) is 28.8 Å². The van der Waals surface area contributed by atoms with Gasteiger partial charge in [-0.15, -0.1) is 23.2 Å². The average Bonchev–Trinajstić information content (AvgIpc) is 3.34. The summed E-state index contributed by atoms with van der Waals surface area (Å²) >= 11 is 17.6. The number of halogens is 8. The zero-order chi connectivity index (χ0) is 24.7. The van der Waals surface area contributed by atoms with Crippen LogP contribution in [0.25, 0.3) is 0 Å². The molecule has 2 aromatic carbocycles. The molecule has 1 saturated carbocycles. The summed E-state index contributed by atoms with van der Waals surface area (Å²) in [6, 6.07) is 4.42. The predicted octanol–water partition coefficient (Wildman–Crippen LogP) is 5.50. The van der Waals surface area contributed by atoms with Crippen LogP contribution in [0.3, 0.4) is 0 Å². The second-order valence-corrected chi connectivity index (χ2v) is 8.87. The highest BCUT2D eigenvalue weighted by molar-refractivity contribution is 6.52. The van der Waals surface area contributed by atoms with Gasteiger partial charge in [0.1, 0.15) is 16.0 Å². The summed E-state index contributed by atoms with van der Waals surface area (Å²) in [7, 11) is 0. The summed E-state index contributed by atoms with van der Waals surface area (Å²) < 4.78 is 63.9. The molecule has 0 radical (unpaired) electrons. The van der Waals surface area contributed by atoms with Crippen molar-refractivity contribution in [3.8, 4) is 0 Å². The molecule has 176 valence electrons. The SMILES string of the molecule is O=C(Nc1cc(NC(=O)C(F)(F)F)c(F)cc1F)c1cc(NC(=O)[C@H]2CC2(Cl)Cl)ccc1Cl. The minimum absolute atomic E-state index is 0.117. The zero-order valence-electron chi connectivity index (χ0n) is 15.9. The van der Waals surface area contributed by atoms with E-state index in [9.17, 15) is 36.3 Å². The van der Waals surface area contributed by atoms with E-state index in [1.807, 2.05) is 5.32 Å². The van der Waals surface area contributed by atoms with E-state index in [2.05, 4.69) is 5.32 Å². The van der Waals surface area contributed by atoms with Gasteiger partial charge in [-0.2, -0.15) is 13.2 Å². The van der Waals surface area contributed by atoms with Gasteiger partial charge in [-0.3, -0.25) is 14.4 Å². The molecule has 1 fully saturated rings. The summed E-state index contributed by atoms with van der Waals surface area (Å²) in [6.07, 6.45) is -5.09. The smallest absolute Gasteiger partial charge is 0.326 e. The number of alkyl halides is 5. The van der Waals surface area contributed by atoms with Crippen LogP contribution < -0.4 is 16.0 Å². The van der Waals surface area contributed by atoms with Crippen molar-refractivity contribution in [2.24, 2.45) is 5.92 Å². The first-order valence-corrected chi connectivity index (χ1v) is 9.99. The summed E-state index contributed by atoms with van der Waals surface area (Å²) in [5.41, 5.74) is -1.88. The molecule has 0 saturated heterocycles. The van der Waals surface area contributed by atoms with E-state index in [0.29, 0.717) is 6.07 Å². The van der Waals surface area contributed by atoms with E-state index in [1.54, 1.807) is 0 Å². The lowest BCUT2D eigenvalue weighted by atomic mass is 10.1. The second kappa shape index (κ2) is 8.96. The first kappa shape index (κ1) is 25.0. The molecule has 0 unspecified atom stereocenters. The molecule has 33 heavy (non-hydrogen) atoms. The largest absolute Gasteiger partial charge is 0.471 e. The third-order valence-electron chi connectivity index (χ3n) is 4.43. The summed E-state index contributed by atoms with van der Waals surface area (Å²) in [4.78, 5) is 35.7. The van der Waals surface area contributed by atoms with Gasteiger partial charge in [0, 0.05) is 11.8 Å². The second-order valence-electron chi connectivity index (χ2n) is 6.92. The van der Waals surface area contributed by atoms with Crippen molar-refractivity contribution in [3.63, 3.8) is 0 Å². The van der Waals surface area contributed by atoms with Crippen LogP contribution in [0.15, 0.2) is 30.3 Å². The van der Waals surface area contributed by atoms with Crippen molar-refractivity contribution in [2.75, 3.05) is 16.0 Å². The fourth-order valence-corrected chi connectivity index (χ4v) is 3.34. The van der Waals surface area contributed by atoms with Crippen LogP contribution in [0.2, 0.25) is 5.02 Å². The fraction of sp³-hybridized carbons (Fsp3) is 0.211. The molecular weight excluding hydrogens is 520 g/mol. The van der Waals surface area contributed by atoms with Crippen LogP contribution in [0, 0.1) is 17.6 Å². The number of benzene rings is 2. The Morgan fingerprint density at radius 2 is 1.52 bits per heavy atom. The normalized spacial score (nSPS) is 16.7. The van der Waals surface area contributed by atoms with E-state index >= 15 is 0 Å². The number of carbonyl (C=O) groups is 3. The van der Waals surface area contributed by atoms with Gasteiger partial charge in [0.25, 0.3) is 5.91 Å². The molecule has 1 atom stereocenters. The van der Waals surface area contributed by atoms with Gasteiger partial charge in [-0.1, -0.05) is 11.6 Å². The number of hydrogen-bond acceptors (Lipinski definition) is 3. The van der Waals surface area contributed by atoms with Crippen molar-refractivity contribution >= 4 is 69.6 Å². The monoisotopic (exact) mass is 529 g/mol. The van der Waals surface area contributed by atoms with Gasteiger partial charge in [-0.05, 0) is 30.7 Å². The third-order valence-corrected chi connectivity index (χ3v) is 5.60. The quantitative estimate of drug-likeness (QED) is 0.352. The maximum Gasteiger partial charge on any atom is 0.471 e. The molecule has 3 N–H and O–H groups in total. The summed E-state index contributed by atoms with van der Waals surface area (Å²) in [6.45, 7) is 0. The Balaban J connectivity index is 1.80. The number of anilines is 3. The van der Waals surface area contributed by atoms with E-state index in [1.165, 1.54) is 17.4 Å². The Morgan fingerprint density at radius 1 is 0.939 bits per heavy atom. The molecule has 3 rings (SSSR count). The highest BCUT2D eigenvalue weighted by atomic mass is 35.5. The number of carbonyl (C=O) groups excluding carboxylic acids is 3. The fourth-order valence-electron chi connectivity index (χ4n) is 2.63. The van der Waals surface area contributed by atoms with Crippen LogP contribution >= 0.6 is 34.8 Å². The minimum atomic E-state index is -5.32. The minimum Gasteiger partial charge on any atom is -0.326 e. The van der Waals surface area contributed by atoms with E-state index in [0.717, 1.165) is 6.07 Å². The molecule has 0 aromatic heterocycles. The molecule has 3 amide bonds. The Morgan fingerprint density at radius 3 is 2.06 bits per heavy atom. The molecule has 6 nitrogen and oxygen atoms in total. The predicted molar refractivity (Wildman–Crippen MR) is 112 cm³/mol. The maximum absolute atomic E-state index is 14.1. The van der Waals surface area contributed by atoms with Gasteiger partial charge < -0.3 is 16.0 Å². The van der Waals surface area contributed by atoms with Crippen molar-refractivity contribution in [1.29, 1.82) is 0 Å². The Hall–Kier alpha value is -2.63. The topological polar surface area (TPSA) is 87.3 Å². The third kappa shape index (κ3) is 5.84. The van der Waals surface area contributed by atoms with Crippen molar-refractivity contribution in [2.45, 2.75) is 16.9 Å². The summed E-state index contributed by atoms with van der Waals surface area (Å²) in [5.74, 6) is -7.53. The number of nitrogens with one attached hydrogen (secondary N) is 3. The molecular formula is C19H11Cl3F5N3O3. The molecule has 0 bridgehead atoms. The van der Waals surface area contributed by atoms with E-state index in [4.69, 9.17) is 34.8 Å². The lowest BCUT2D eigenvalue weighted by molar-refractivity contribution is -0.167. The van der Waals surface area contributed by atoms with Crippen LogP contribution in [0.5, 0.6) is 0 Å². The van der Waals surface area contributed by atoms with Crippen LogP contribution in [0.4, 0.5) is 39.0 Å². The van der Waals surface area contributed by atoms with Gasteiger partial charge >= 0.3 is 12.1 Å². The highest BCUT2D eigenvalue weighted by Crippen LogP contribution is 2.53. The van der Waals surface area contributed by atoms with Crippen LogP contribution in [-0.4, -0.2) is 28.2 Å². The van der Waals surface area contributed by atoms with Gasteiger partial charge in [-0.25, -0.2) is 8.78 Å². The van der Waals surface area contributed by atoms with Crippen molar-refractivity contribution < 1.29 is 36.3 Å². The zero-order valence-corrected chi connectivity index (χ0v) is 18.2. The molecule has 14 heteroatoms.